The fourth-order valence-corrected chi connectivity index (χ4v) is 7.73. The molecule has 0 saturated carbocycles. The van der Waals surface area contributed by atoms with Crippen LogP contribution in [0.15, 0.2) is 191 Å². The van der Waals surface area contributed by atoms with Crippen molar-refractivity contribution in [2.75, 3.05) is 0 Å². The molecule has 262 valence electrons. The molecule has 4 heterocycles. The van der Waals surface area contributed by atoms with Gasteiger partial charge in [-0.2, -0.15) is 0 Å². The second kappa shape index (κ2) is 13.0. The highest BCUT2D eigenvalue weighted by molar-refractivity contribution is 6.14. The maximum absolute atomic E-state index is 6.37. The van der Waals surface area contributed by atoms with Crippen molar-refractivity contribution >= 4 is 44.0 Å². The minimum atomic E-state index is 0.527. The van der Waals surface area contributed by atoms with Gasteiger partial charge in [-0.3, -0.25) is 0 Å². The van der Waals surface area contributed by atoms with Crippen LogP contribution < -0.4 is 0 Å². The number of fused-ring (bicyclic) bond motifs is 6. The summed E-state index contributed by atoms with van der Waals surface area (Å²) < 4.78 is 12.7. The van der Waals surface area contributed by atoms with Gasteiger partial charge in [0.2, 0.25) is 5.71 Å². The van der Waals surface area contributed by atoms with Gasteiger partial charge in [0.15, 0.2) is 17.5 Å². The molecule has 0 aliphatic heterocycles. The first-order valence-electron chi connectivity index (χ1n) is 18.5. The molecule has 0 aliphatic rings. The molecule has 6 heteroatoms. The Hall–Kier alpha value is -7.70. The van der Waals surface area contributed by atoms with Gasteiger partial charge >= 0.3 is 0 Å². The monoisotopic (exact) mass is 718 g/mol. The topological polar surface area (TPSA) is 77.8 Å². The lowest BCUT2D eigenvalue weighted by molar-refractivity contribution is 0.654. The Morgan fingerprint density at radius 3 is 1.77 bits per heavy atom. The van der Waals surface area contributed by atoms with E-state index in [-0.39, 0.29) is 0 Å². The molecule has 0 bridgehead atoms. The molecule has 7 aromatic carbocycles. The standard InChI is InChI=1S/C50H30N4O2/c1-3-11-31(12-4-1)33-20-22-34(23-21-33)47-52-48(37-24-25-40-39-17-7-8-19-42(39)55-44(40)30-37)54-49(53-47)46-38(26-27-43-45(46)41-18-10-28-51-50(41)56-43)36-16-9-15-35(29-36)32-13-5-2-6-14-32/h1-30H. The first-order chi connectivity index (χ1) is 27.7. The Morgan fingerprint density at radius 2 is 0.946 bits per heavy atom. The van der Waals surface area contributed by atoms with Crippen LogP contribution in [0.3, 0.4) is 0 Å². The van der Waals surface area contributed by atoms with Crippen LogP contribution >= 0.6 is 0 Å². The van der Waals surface area contributed by atoms with Crippen LogP contribution in [0.1, 0.15) is 0 Å². The second-order valence-electron chi connectivity index (χ2n) is 13.8. The maximum atomic E-state index is 6.37. The van der Waals surface area contributed by atoms with Gasteiger partial charge in [0.05, 0.1) is 0 Å². The summed E-state index contributed by atoms with van der Waals surface area (Å²) in [6.45, 7) is 0. The summed E-state index contributed by atoms with van der Waals surface area (Å²) in [6, 6.07) is 60.1. The number of rotatable bonds is 6. The summed E-state index contributed by atoms with van der Waals surface area (Å²) in [5, 5.41) is 3.89. The van der Waals surface area contributed by atoms with Crippen molar-refractivity contribution in [3.8, 4) is 67.5 Å². The predicted octanol–water partition coefficient (Wildman–Crippen LogP) is 13.1. The van der Waals surface area contributed by atoms with E-state index in [0.717, 1.165) is 82.8 Å². The molecule has 0 N–H and O–H groups in total. The first kappa shape index (κ1) is 31.8. The molecule has 0 fully saturated rings. The lowest BCUT2D eigenvalue weighted by atomic mass is 9.92. The number of furan rings is 2. The Kier molecular flexibility index (Phi) is 7.38. The number of hydrogen-bond donors (Lipinski definition) is 0. The van der Waals surface area contributed by atoms with Crippen molar-refractivity contribution in [1.29, 1.82) is 0 Å². The number of pyridine rings is 1. The molecule has 56 heavy (non-hydrogen) atoms. The Morgan fingerprint density at radius 1 is 0.339 bits per heavy atom. The molecule has 4 aromatic heterocycles. The van der Waals surface area contributed by atoms with Crippen molar-refractivity contribution in [2.24, 2.45) is 0 Å². The number of hydrogen-bond acceptors (Lipinski definition) is 6. The van der Waals surface area contributed by atoms with E-state index in [2.05, 4.69) is 126 Å². The molecule has 0 unspecified atom stereocenters. The van der Waals surface area contributed by atoms with Gasteiger partial charge in [-0.15, -0.1) is 0 Å². The molecule has 0 aliphatic carbocycles. The van der Waals surface area contributed by atoms with Crippen LogP contribution in [0.4, 0.5) is 0 Å². The van der Waals surface area contributed by atoms with Crippen LogP contribution in [-0.2, 0) is 0 Å². The highest BCUT2D eigenvalue weighted by Gasteiger charge is 2.23. The zero-order chi connectivity index (χ0) is 37.0. The Bertz CT molecular complexity index is 3240. The molecule has 0 radical (unpaired) electrons. The van der Waals surface area contributed by atoms with Crippen LogP contribution in [-0.4, -0.2) is 19.9 Å². The van der Waals surface area contributed by atoms with E-state index in [1.807, 2.05) is 54.6 Å². The molecule has 0 atom stereocenters. The van der Waals surface area contributed by atoms with Crippen LogP contribution in [0.5, 0.6) is 0 Å². The van der Waals surface area contributed by atoms with Crippen molar-refractivity contribution < 1.29 is 8.83 Å². The molecule has 0 spiro atoms. The molecule has 0 amide bonds. The van der Waals surface area contributed by atoms with Crippen LogP contribution in [0.2, 0.25) is 0 Å². The van der Waals surface area contributed by atoms with Crippen molar-refractivity contribution in [2.45, 2.75) is 0 Å². The molecule has 0 saturated heterocycles. The smallest absolute Gasteiger partial charge is 0.227 e. The fourth-order valence-electron chi connectivity index (χ4n) is 7.73. The van der Waals surface area contributed by atoms with Gasteiger partial charge in [-0.05, 0) is 81.9 Å². The minimum Gasteiger partial charge on any atom is -0.456 e. The first-order valence-corrected chi connectivity index (χ1v) is 18.5. The van der Waals surface area contributed by atoms with Gasteiger partial charge in [-0.25, -0.2) is 19.9 Å². The minimum absolute atomic E-state index is 0.527. The zero-order valence-electron chi connectivity index (χ0n) is 29.9. The van der Waals surface area contributed by atoms with Gasteiger partial charge < -0.3 is 8.83 Å². The van der Waals surface area contributed by atoms with Gasteiger partial charge in [0.25, 0.3) is 0 Å². The largest absolute Gasteiger partial charge is 0.456 e. The lowest BCUT2D eigenvalue weighted by Gasteiger charge is -2.14. The molecular weight excluding hydrogens is 689 g/mol. The molecule has 11 aromatic rings. The highest BCUT2D eigenvalue weighted by Crippen LogP contribution is 2.43. The number of aromatic nitrogens is 4. The second-order valence-corrected chi connectivity index (χ2v) is 13.8. The van der Waals surface area contributed by atoms with Crippen LogP contribution in [0, 0.1) is 0 Å². The maximum Gasteiger partial charge on any atom is 0.227 e. The third-order valence-corrected chi connectivity index (χ3v) is 10.4. The number of nitrogens with zero attached hydrogens (tertiary/aromatic N) is 4. The summed E-state index contributed by atoms with van der Waals surface area (Å²) in [7, 11) is 0. The van der Waals surface area contributed by atoms with E-state index in [1.165, 1.54) is 0 Å². The Balaban J connectivity index is 1.17. The number of para-hydroxylation sites is 1. The molecule has 11 rings (SSSR count). The van der Waals surface area contributed by atoms with Gasteiger partial charge in [-0.1, -0.05) is 127 Å². The summed E-state index contributed by atoms with van der Waals surface area (Å²) >= 11 is 0. The summed E-state index contributed by atoms with van der Waals surface area (Å²) in [5.41, 5.74) is 11.9. The molecular formula is C50H30N4O2. The van der Waals surface area contributed by atoms with Crippen molar-refractivity contribution in [3.05, 3.63) is 182 Å². The van der Waals surface area contributed by atoms with E-state index >= 15 is 0 Å². The molecule has 6 nitrogen and oxygen atoms in total. The van der Waals surface area contributed by atoms with Gasteiger partial charge in [0, 0.05) is 44.4 Å². The highest BCUT2D eigenvalue weighted by atomic mass is 16.3. The normalized spacial score (nSPS) is 11.6. The van der Waals surface area contributed by atoms with E-state index in [0.29, 0.717) is 28.8 Å². The summed E-state index contributed by atoms with van der Waals surface area (Å²) in [5.74, 6) is 1.62. The summed E-state index contributed by atoms with van der Waals surface area (Å²) in [4.78, 5) is 20.3. The third kappa shape index (κ3) is 5.43. The quantitative estimate of drug-likeness (QED) is 0.170. The van der Waals surface area contributed by atoms with Crippen LogP contribution in [0.25, 0.3) is 112 Å². The average Bonchev–Trinajstić information content (AvgIpc) is 3.85. The SMILES string of the molecule is c1ccc(-c2ccc(-c3nc(-c4ccc5c(c4)oc4ccccc45)nc(-c4c(-c5cccc(-c6ccccc6)c5)ccc5oc6ncccc6c45)n3)cc2)cc1. The summed E-state index contributed by atoms with van der Waals surface area (Å²) in [6.07, 6.45) is 1.75. The van der Waals surface area contributed by atoms with E-state index in [9.17, 15) is 0 Å². The average molecular weight is 719 g/mol. The zero-order valence-corrected chi connectivity index (χ0v) is 29.9. The fraction of sp³-hybridized carbons (Fsp3) is 0. The van der Waals surface area contributed by atoms with Crippen molar-refractivity contribution in [3.63, 3.8) is 0 Å². The van der Waals surface area contributed by atoms with Gasteiger partial charge in [0.1, 0.15) is 16.7 Å². The number of benzene rings is 7. The predicted molar refractivity (Wildman–Crippen MR) is 225 cm³/mol. The third-order valence-electron chi connectivity index (χ3n) is 10.4. The Labute approximate surface area is 321 Å². The van der Waals surface area contributed by atoms with E-state index < -0.39 is 0 Å². The van der Waals surface area contributed by atoms with E-state index in [1.54, 1.807) is 6.20 Å². The van der Waals surface area contributed by atoms with Crippen molar-refractivity contribution in [1.82, 2.24) is 19.9 Å². The lowest BCUT2D eigenvalue weighted by Crippen LogP contribution is -2.01. The van der Waals surface area contributed by atoms with E-state index in [4.69, 9.17) is 23.8 Å².